The summed E-state index contributed by atoms with van der Waals surface area (Å²) < 4.78 is 5.23. The first-order chi connectivity index (χ1) is 8.36. The van der Waals surface area contributed by atoms with Crippen molar-refractivity contribution < 1.29 is 4.74 Å². The largest absolute Gasteiger partial charge is 0.497 e. The standard InChI is InChI=1S/C14H18N2O/c1-17-12-3-4-13-11(10-15-14(13)9-12)5-8-16-6-2-7-16/h3-4,9-10,15H,2,5-8H2,1H3. The van der Waals surface area contributed by atoms with Gasteiger partial charge in [-0.25, -0.2) is 0 Å². The van der Waals surface area contributed by atoms with E-state index >= 15 is 0 Å². The summed E-state index contributed by atoms with van der Waals surface area (Å²) in [5.41, 5.74) is 2.58. The average Bonchev–Trinajstić information content (AvgIpc) is 2.69. The highest BCUT2D eigenvalue weighted by Gasteiger charge is 2.14. The van der Waals surface area contributed by atoms with E-state index in [9.17, 15) is 0 Å². The van der Waals surface area contributed by atoms with Gasteiger partial charge < -0.3 is 14.6 Å². The van der Waals surface area contributed by atoms with Gasteiger partial charge in [0.2, 0.25) is 0 Å². The second-order valence-corrected chi connectivity index (χ2v) is 4.67. The van der Waals surface area contributed by atoms with Crippen LogP contribution in [0.2, 0.25) is 0 Å². The number of aromatic nitrogens is 1. The predicted molar refractivity (Wildman–Crippen MR) is 69.6 cm³/mol. The van der Waals surface area contributed by atoms with Crippen LogP contribution in [-0.4, -0.2) is 36.6 Å². The smallest absolute Gasteiger partial charge is 0.120 e. The molecular weight excluding hydrogens is 212 g/mol. The Morgan fingerprint density at radius 3 is 2.94 bits per heavy atom. The molecule has 1 N–H and O–H groups in total. The van der Waals surface area contributed by atoms with E-state index in [2.05, 4.69) is 28.2 Å². The van der Waals surface area contributed by atoms with E-state index in [1.807, 2.05) is 6.07 Å². The summed E-state index contributed by atoms with van der Waals surface area (Å²) in [5.74, 6) is 0.911. The molecule has 0 bridgehead atoms. The molecule has 1 aromatic heterocycles. The third-order valence-electron chi connectivity index (χ3n) is 3.62. The van der Waals surface area contributed by atoms with Crippen molar-refractivity contribution in [1.82, 2.24) is 9.88 Å². The Balaban J connectivity index is 1.79. The maximum Gasteiger partial charge on any atom is 0.120 e. The summed E-state index contributed by atoms with van der Waals surface area (Å²) in [7, 11) is 1.70. The maximum atomic E-state index is 5.23. The fraction of sp³-hybridized carbons (Fsp3) is 0.429. The van der Waals surface area contributed by atoms with E-state index in [4.69, 9.17) is 4.74 Å². The van der Waals surface area contributed by atoms with Crippen LogP contribution in [0, 0.1) is 0 Å². The van der Waals surface area contributed by atoms with Crippen LogP contribution < -0.4 is 4.74 Å². The molecule has 0 amide bonds. The van der Waals surface area contributed by atoms with Crippen molar-refractivity contribution in [2.75, 3.05) is 26.7 Å². The van der Waals surface area contributed by atoms with Crippen molar-refractivity contribution in [3.63, 3.8) is 0 Å². The minimum absolute atomic E-state index is 0.911. The Bertz CT molecular complexity index is 514. The molecule has 0 unspecified atom stereocenters. The van der Waals surface area contributed by atoms with Crippen molar-refractivity contribution in [2.45, 2.75) is 12.8 Å². The summed E-state index contributed by atoms with van der Waals surface area (Å²) in [5, 5.41) is 1.33. The highest BCUT2D eigenvalue weighted by Crippen LogP contribution is 2.23. The van der Waals surface area contributed by atoms with Crippen LogP contribution in [-0.2, 0) is 6.42 Å². The zero-order valence-corrected chi connectivity index (χ0v) is 10.2. The van der Waals surface area contributed by atoms with Gasteiger partial charge in [-0.1, -0.05) is 0 Å². The fourth-order valence-corrected chi connectivity index (χ4v) is 2.38. The third-order valence-corrected chi connectivity index (χ3v) is 3.62. The fourth-order valence-electron chi connectivity index (χ4n) is 2.38. The van der Waals surface area contributed by atoms with Gasteiger partial charge in [0.15, 0.2) is 0 Å². The molecule has 2 heterocycles. The molecule has 0 saturated carbocycles. The molecule has 3 heteroatoms. The number of nitrogens with zero attached hydrogens (tertiary/aromatic N) is 1. The number of hydrogen-bond acceptors (Lipinski definition) is 2. The summed E-state index contributed by atoms with van der Waals surface area (Å²) in [6, 6.07) is 6.24. The molecule has 90 valence electrons. The molecule has 2 aromatic rings. The van der Waals surface area contributed by atoms with Gasteiger partial charge in [0, 0.05) is 29.7 Å². The topological polar surface area (TPSA) is 28.3 Å². The zero-order chi connectivity index (χ0) is 11.7. The second kappa shape index (κ2) is 4.41. The number of aromatic amines is 1. The number of hydrogen-bond donors (Lipinski definition) is 1. The number of methoxy groups -OCH3 is 1. The van der Waals surface area contributed by atoms with Gasteiger partial charge in [-0.15, -0.1) is 0 Å². The molecule has 1 aliphatic rings. The first-order valence-electron chi connectivity index (χ1n) is 6.23. The molecule has 0 spiro atoms. The van der Waals surface area contributed by atoms with Crippen LogP contribution in [0.4, 0.5) is 0 Å². The van der Waals surface area contributed by atoms with Gasteiger partial charge in [-0.2, -0.15) is 0 Å². The molecule has 0 atom stereocenters. The second-order valence-electron chi connectivity index (χ2n) is 4.67. The van der Waals surface area contributed by atoms with E-state index in [1.165, 1.54) is 42.5 Å². The number of benzene rings is 1. The van der Waals surface area contributed by atoms with Crippen LogP contribution in [0.3, 0.4) is 0 Å². The molecular formula is C14H18N2O. The van der Waals surface area contributed by atoms with Gasteiger partial charge in [-0.05, 0) is 43.6 Å². The first-order valence-corrected chi connectivity index (χ1v) is 6.23. The number of rotatable bonds is 4. The highest BCUT2D eigenvalue weighted by atomic mass is 16.5. The Morgan fingerprint density at radius 1 is 1.35 bits per heavy atom. The third kappa shape index (κ3) is 2.03. The number of likely N-dealkylation sites (tertiary alicyclic amines) is 1. The quantitative estimate of drug-likeness (QED) is 0.873. The summed E-state index contributed by atoms with van der Waals surface area (Å²) >= 11 is 0. The van der Waals surface area contributed by atoms with Crippen LogP contribution in [0.1, 0.15) is 12.0 Å². The van der Waals surface area contributed by atoms with E-state index in [1.54, 1.807) is 7.11 Å². The van der Waals surface area contributed by atoms with E-state index in [0.29, 0.717) is 0 Å². The Kier molecular flexibility index (Phi) is 2.77. The van der Waals surface area contributed by atoms with Gasteiger partial charge >= 0.3 is 0 Å². The number of fused-ring (bicyclic) bond motifs is 1. The molecule has 1 aromatic carbocycles. The van der Waals surface area contributed by atoms with Crippen LogP contribution in [0.25, 0.3) is 10.9 Å². The normalized spacial score (nSPS) is 16.1. The molecule has 0 radical (unpaired) electrons. The molecule has 17 heavy (non-hydrogen) atoms. The van der Waals surface area contributed by atoms with Gasteiger partial charge in [-0.3, -0.25) is 0 Å². The Hall–Kier alpha value is -1.48. The lowest BCUT2D eigenvalue weighted by molar-refractivity contribution is 0.184. The monoisotopic (exact) mass is 230 g/mol. The van der Waals surface area contributed by atoms with Crippen LogP contribution in [0.15, 0.2) is 24.4 Å². The number of ether oxygens (including phenoxy) is 1. The SMILES string of the molecule is COc1ccc2c(CCN3CCC3)c[nH]c2c1. The highest BCUT2D eigenvalue weighted by molar-refractivity contribution is 5.84. The lowest BCUT2D eigenvalue weighted by Gasteiger charge is -2.30. The van der Waals surface area contributed by atoms with Crippen molar-refractivity contribution >= 4 is 10.9 Å². The maximum absolute atomic E-state index is 5.23. The minimum atomic E-state index is 0.911. The Morgan fingerprint density at radius 2 is 2.24 bits per heavy atom. The molecule has 1 aliphatic heterocycles. The Labute approximate surface area is 101 Å². The van der Waals surface area contributed by atoms with Crippen molar-refractivity contribution in [2.24, 2.45) is 0 Å². The molecule has 3 nitrogen and oxygen atoms in total. The summed E-state index contributed by atoms with van der Waals surface area (Å²) in [6.45, 7) is 3.73. The van der Waals surface area contributed by atoms with Crippen LogP contribution in [0.5, 0.6) is 5.75 Å². The van der Waals surface area contributed by atoms with E-state index in [0.717, 1.165) is 12.2 Å². The molecule has 1 fully saturated rings. The number of H-pyrrole nitrogens is 1. The minimum Gasteiger partial charge on any atom is -0.497 e. The average molecular weight is 230 g/mol. The summed E-state index contributed by atoms with van der Waals surface area (Å²) in [6.07, 6.45) is 4.63. The van der Waals surface area contributed by atoms with Crippen molar-refractivity contribution in [3.8, 4) is 5.75 Å². The van der Waals surface area contributed by atoms with E-state index in [-0.39, 0.29) is 0 Å². The predicted octanol–water partition coefficient (Wildman–Crippen LogP) is 2.42. The first kappa shape index (κ1) is 10.7. The lowest BCUT2D eigenvalue weighted by Crippen LogP contribution is -2.38. The van der Waals surface area contributed by atoms with Gasteiger partial charge in [0.25, 0.3) is 0 Å². The number of nitrogens with one attached hydrogen (secondary N) is 1. The molecule has 3 rings (SSSR count). The van der Waals surface area contributed by atoms with Gasteiger partial charge in [0.1, 0.15) is 5.75 Å². The van der Waals surface area contributed by atoms with Crippen LogP contribution >= 0.6 is 0 Å². The van der Waals surface area contributed by atoms with Gasteiger partial charge in [0.05, 0.1) is 7.11 Å². The summed E-state index contributed by atoms with van der Waals surface area (Å²) in [4.78, 5) is 5.83. The van der Waals surface area contributed by atoms with E-state index < -0.39 is 0 Å². The molecule has 1 saturated heterocycles. The zero-order valence-electron chi connectivity index (χ0n) is 10.2. The van der Waals surface area contributed by atoms with Crippen molar-refractivity contribution in [3.05, 3.63) is 30.0 Å². The van der Waals surface area contributed by atoms with Crippen molar-refractivity contribution in [1.29, 1.82) is 0 Å². The molecule has 0 aliphatic carbocycles. The lowest BCUT2D eigenvalue weighted by atomic mass is 10.1.